The molecular formula is C13H23F3N2O. The van der Waals surface area contributed by atoms with Crippen molar-refractivity contribution in [3.05, 3.63) is 0 Å². The van der Waals surface area contributed by atoms with Crippen molar-refractivity contribution < 1.29 is 18.0 Å². The third kappa shape index (κ3) is 6.27. The van der Waals surface area contributed by atoms with Gasteiger partial charge in [0.25, 0.3) is 0 Å². The molecule has 3 nitrogen and oxygen atoms in total. The van der Waals surface area contributed by atoms with E-state index in [1.807, 2.05) is 20.8 Å². The first-order valence-electron chi connectivity index (χ1n) is 6.61. The van der Waals surface area contributed by atoms with Gasteiger partial charge in [0.15, 0.2) is 0 Å². The van der Waals surface area contributed by atoms with Crippen LogP contribution in [0.3, 0.4) is 0 Å². The van der Waals surface area contributed by atoms with Crippen LogP contribution in [-0.2, 0) is 4.79 Å². The van der Waals surface area contributed by atoms with Crippen molar-refractivity contribution in [3.63, 3.8) is 0 Å². The minimum absolute atomic E-state index is 0.0589. The van der Waals surface area contributed by atoms with E-state index in [0.717, 1.165) is 17.7 Å². The Morgan fingerprint density at radius 1 is 1.32 bits per heavy atom. The molecule has 1 unspecified atom stereocenters. The van der Waals surface area contributed by atoms with Gasteiger partial charge in [0, 0.05) is 11.6 Å². The largest absolute Gasteiger partial charge is 0.406 e. The molecule has 1 N–H and O–H groups in total. The standard InChI is InChI=1S/C13H23F3N2O/c1-9(10-5-6-10)18(8-13(14,15)16)11(19)7-17-12(2,3)4/h9-10,17H,5-8H2,1-4H3. The summed E-state index contributed by atoms with van der Waals surface area (Å²) in [4.78, 5) is 13.0. The fourth-order valence-electron chi connectivity index (χ4n) is 1.93. The Morgan fingerprint density at radius 2 is 1.84 bits per heavy atom. The van der Waals surface area contributed by atoms with Gasteiger partial charge in [-0.2, -0.15) is 13.2 Å². The number of amides is 1. The van der Waals surface area contributed by atoms with Crippen molar-refractivity contribution in [2.75, 3.05) is 13.1 Å². The second kappa shape index (κ2) is 5.69. The maximum Gasteiger partial charge on any atom is 0.406 e. The third-order valence-electron chi connectivity index (χ3n) is 3.24. The van der Waals surface area contributed by atoms with Crippen LogP contribution in [0.25, 0.3) is 0 Å². The van der Waals surface area contributed by atoms with Crippen LogP contribution < -0.4 is 5.32 Å². The predicted octanol–water partition coefficient (Wildman–Crippen LogP) is 2.56. The second-order valence-corrected chi connectivity index (χ2v) is 6.32. The lowest BCUT2D eigenvalue weighted by Gasteiger charge is -2.31. The van der Waals surface area contributed by atoms with E-state index < -0.39 is 18.6 Å². The van der Waals surface area contributed by atoms with E-state index >= 15 is 0 Å². The highest BCUT2D eigenvalue weighted by Crippen LogP contribution is 2.36. The summed E-state index contributed by atoms with van der Waals surface area (Å²) in [7, 11) is 0. The summed E-state index contributed by atoms with van der Waals surface area (Å²) in [6, 6.07) is -0.337. The summed E-state index contributed by atoms with van der Waals surface area (Å²) in [5.41, 5.74) is -0.289. The third-order valence-corrected chi connectivity index (χ3v) is 3.24. The van der Waals surface area contributed by atoms with Crippen molar-refractivity contribution in [2.45, 2.75) is 58.3 Å². The molecule has 1 rings (SSSR count). The molecule has 0 aromatic rings. The smallest absolute Gasteiger partial charge is 0.330 e. The van der Waals surface area contributed by atoms with Crippen molar-refractivity contribution in [1.82, 2.24) is 10.2 Å². The maximum absolute atomic E-state index is 12.6. The summed E-state index contributed by atoms with van der Waals surface area (Å²) >= 11 is 0. The first-order chi connectivity index (χ1) is 8.49. The van der Waals surface area contributed by atoms with E-state index in [2.05, 4.69) is 5.32 Å². The summed E-state index contributed by atoms with van der Waals surface area (Å²) in [5.74, 6) is -0.257. The molecule has 112 valence electrons. The summed E-state index contributed by atoms with van der Waals surface area (Å²) in [6.07, 6.45) is -2.52. The highest BCUT2D eigenvalue weighted by Gasteiger charge is 2.40. The van der Waals surface area contributed by atoms with Gasteiger partial charge in [-0.1, -0.05) is 0 Å². The van der Waals surface area contributed by atoms with Gasteiger partial charge in [0.2, 0.25) is 5.91 Å². The highest BCUT2D eigenvalue weighted by molar-refractivity contribution is 5.78. The van der Waals surface area contributed by atoms with Crippen molar-refractivity contribution in [1.29, 1.82) is 0 Å². The maximum atomic E-state index is 12.6. The number of alkyl halides is 3. The molecule has 1 fully saturated rings. The Morgan fingerprint density at radius 3 is 2.21 bits per heavy atom. The Hall–Kier alpha value is -0.780. The van der Waals surface area contributed by atoms with E-state index in [-0.39, 0.29) is 24.0 Å². The van der Waals surface area contributed by atoms with Gasteiger partial charge in [-0.15, -0.1) is 0 Å². The average molecular weight is 280 g/mol. The first kappa shape index (κ1) is 16.3. The van der Waals surface area contributed by atoms with Crippen molar-refractivity contribution >= 4 is 5.91 Å². The summed E-state index contributed by atoms with van der Waals surface area (Å²) in [5, 5.41) is 2.94. The molecular weight excluding hydrogens is 257 g/mol. The number of hydrogen-bond acceptors (Lipinski definition) is 2. The Kier molecular flexibility index (Phi) is 4.87. The van der Waals surface area contributed by atoms with E-state index in [1.165, 1.54) is 0 Å². The molecule has 0 aromatic heterocycles. The van der Waals surface area contributed by atoms with Gasteiger partial charge < -0.3 is 10.2 Å². The number of hydrogen-bond donors (Lipinski definition) is 1. The lowest BCUT2D eigenvalue weighted by Crippen LogP contribution is -2.51. The van der Waals surface area contributed by atoms with Gasteiger partial charge in [-0.25, -0.2) is 0 Å². The van der Waals surface area contributed by atoms with Gasteiger partial charge >= 0.3 is 6.18 Å². The topological polar surface area (TPSA) is 32.3 Å². The van der Waals surface area contributed by atoms with Crippen molar-refractivity contribution in [3.8, 4) is 0 Å². The van der Waals surface area contributed by atoms with E-state index in [4.69, 9.17) is 0 Å². The SMILES string of the molecule is CC(C1CC1)N(CC(F)(F)F)C(=O)CNC(C)(C)C. The molecule has 0 radical (unpaired) electrons. The molecule has 1 amide bonds. The summed E-state index contributed by atoms with van der Waals surface area (Å²) < 4.78 is 37.7. The highest BCUT2D eigenvalue weighted by atomic mass is 19.4. The number of halogens is 3. The number of carbonyl (C=O) groups is 1. The van der Waals surface area contributed by atoms with Crippen LogP contribution in [0.5, 0.6) is 0 Å². The van der Waals surface area contributed by atoms with Gasteiger partial charge in [-0.3, -0.25) is 4.79 Å². The van der Waals surface area contributed by atoms with Crippen molar-refractivity contribution in [2.24, 2.45) is 5.92 Å². The van der Waals surface area contributed by atoms with E-state index in [9.17, 15) is 18.0 Å². The van der Waals surface area contributed by atoms with Crippen LogP contribution in [-0.4, -0.2) is 41.7 Å². The number of carbonyl (C=O) groups excluding carboxylic acids is 1. The monoisotopic (exact) mass is 280 g/mol. The van der Waals surface area contributed by atoms with Gasteiger partial charge in [-0.05, 0) is 46.5 Å². The lowest BCUT2D eigenvalue weighted by atomic mass is 10.1. The van der Waals surface area contributed by atoms with E-state index in [0.29, 0.717) is 0 Å². The zero-order chi connectivity index (χ0) is 14.8. The molecule has 19 heavy (non-hydrogen) atoms. The average Bonchev–Trinajstić information content (AvgIpc) is 3.02. The van der Waals surface area contributed by atoms with Crippen LogP contribution in [0.1, 0.15) is 40.5 Å². The van der Waals surface area contributed by atoms with Crippen LogP contribution in [0.4, 0.5) is 13.2 Å². The number of rotatable bonds is 5. The molecule has 0 saturated heterocycles. The molecule has 1 saturated carbocycles. The van der Waals surface area contributed by atoms with Crippen LogP contribution >= 0.6 is 0 Å². The lowest BCUT2D eigenvalue weighted by molar-refractivity contribution is -0.165. The molecule has 0 aromatic carbocycles. The fourth-order valence-corrected chi connectivity index (χ4v) is 1.93. The summed E-state index contributed by atoms with van der Waals surface area (Å²) in [6.45, 7) is 6.11. The fraction of sp³-hybridized carbons (Fsp3) is 0.923. The predicted molar refractivity (Wildman–Crippen MR) is 67.7 cm³/mol. The van der Waals surface area contributed by atoms with Crippen LogP contribution in [0.15, 0.2) is 0 Å². The Labute approximate surface area is 112 Å². The normalized spacial score (nSPS) is 18.3. The van der Waals surface area contributed by atoms with Crippen LogP contribution in [0, 0.1) is 5.92 Å². The van der Waals surface area contributed by atoms with E-state index in [1.54, 1.807) is 6.92 Å². The minimum atomic E-state index is -4.35. The van der Waals surface area contributed by atoms with Crippen LogP contribution in [0.2, 0.25) is 0 Å². The Bertz CT molecular complexity index is 319. The number of nitrogens with zero attached hydrogens (tertiary/aromatic N) is 1. The van der Waals surface area contributed by atoms with Gasteiger partial charge in [0.05, 0.1) is 6.54 Å². The molecule has 0 heterocycles. The number of nitrogens with one attached hydrogen (secondary N) is 1. The second-order valence-electron chi connectivity index (χ2n) is 6.32. The molecule has 1 aliphatic rings. The molecule has 6 heteroatoms. The Balaban J connectivity index is 2.64. The first-order valence-corrected chi connectivity index (χ1v) is 6.61. The zero-order valence-corrected chi connectivity index (χ0v) is 12.0. The molecule has 0 bridgehead atoms. The molecule has 0 spiro atoms. The molecule has 1 aliphatic carbocycles. The minimum Gasteiger partial charge on any atom is -0.330 e. The molecule has 1 atom stereocenters. The van der Waals surface area contributed by atoms with Gasteiger partial charge in [0.1, 0.15) is 6.54 Å². The molecule has 0 aliphatic heterocycles. The zero-order valence-electron chi connectivity index (χ0n) is 12.0. The quantitative estimate of drug-likeness (QED) is 0.839.